The van der Waals surface area contributed by atoms with E-state index in [1.807, 2.05) is 37.3 Å². The van der Waals surface area contributed by atoms with Crippen LogP contribution in [0.2, 0.25) is 5.02 Å². The van der Waals surface area contributed by atoms with E-state index >= 15 is 0 Å². The molecule has 1 amide bonds. The Labute approximate surface area is 188 Å². The van der Waals surface area contributed by atoms with Gasteiger partial charge in [0.15, 0.2) is 5.60 Å². The first-order chi connectivity index (χ1) is 14.7. The molecule has 5 heteroatoms. The molecule has 0 spiro atoms. The molecule has 2 unspecified atom stereocenters. The SMILES string of the molecule is CC(NC(=O)C(C)(C)Oc1ccc(Cl)cc1)C(Cc1ccc(F)cc1)c1ccccc1. The molecule has 3 aromatic rings. The molecule has 162 valence electrons. The van der Waals surface area contributed by atoms with E-state index in [1.54, 1.807) is 50.2 Å². The lowest BCUT2D eigenvalue weighted by atomic mass is 9.86. The molecule has 0 radical (unpaired) electrons. The van der Waals surface area contributed by atoms with E-state index < -0.39 is 5.60 Å². The quantitative estimate of drug-likeness (QED) is 0.456. The zero-order chi connectivity index (χ0) is 22.4. The fraction of sp³-hybridized carbons (Fsp3) is 0.269. The van der Waals surface area contributed by atoms with Gasteiger partial charge in [0.25, 0.3) is 5.91 Å². The van der Waals surface area contributed by atoms with Crippen LogP contribution >= 0.6 is 11.6 Å². The predicted molar refractivity (Wildman–Crippen MR) is 123 cm³/mol. The summed E-state index contributed by atoms with van der Waals surface area (Å²) in [5.41, 5.74) is 1.04. The van der Waals surface area contributed by atoms with Crippen LogP contribution in [0.25, 0.3) is 0 Å². The third-order valence-corrected chi connectivity index (χ3v) is 5.54. The first-order valence-electron chi connectivity index (χ1n) is 10.3. The van der Waals surface area contributed by atoms with Crippen LogP contribution in [-0.2, 0) is 11.2 Å². The molecule has 0 aliphatic rings. The number of nitrogens with one attached hydrogen (secondary N) is 1. The highest BCUT2D eigenvalue weighted by Gasteiger charge is 2.33. The molecule has 3 aromatic carbocycles. The van der Waals surface area contributed by atoms with Gasteiger partial charge in [-0.1, -0.05) is 54.1 Å². The minimum absolute atomic E-state index is 0.0157. The van der Waals surface area contributed by atoms with Crippen molar-refractivity contribution in [2.24, 2.45) is 0 Å². The zero-order valence-electron chi connectivity index (χ0n) is 17.9. The van der Waals surface area contributed by atoms with Gasteiger partial charge in [0, 0.05) is 17.0 Å². The van der Waals surface area contributed by atoms with Crippen LogP contribution in [0.15, 0.2) is 78.9 Å². The van der Waals surface area contributed by atoms with Crippen LogP contribution in [0.4, 0.5) is 4.39 Å². The standard InChI is InChI=1S/C26H27ClFNO2/c1-18(29-25(30)26(2,3)31-23-15-11-21(27)12-16-23)24(20-7-5-4-6-8-20)17-19-9-13-22(28)14-10-19/h4-16,18,24H,17H2,1-3H3,(H,29,30). The number of hydrogen-bond acceptors (Lipinski definition) is 2. The van der Waals surface area contributed by atoms with Gasteiger partial charge >= 0.3 is 0 Å². The fourth-order valence-corrected chi connectivity index (χ4v) is 3.61. The van der Waals surface area contributed by atoms with Crippen molar-refractivity contribution < 1.29 is 13.9 Å². The van der Waals surface area contributed by atoms with Crippen LogP contribution < -0.4 is 10.1 Å². The summed E-state index contributed by atoms with van der Waals surface area (Å²) >= 11 is 5.93. The maximum Gasteiger partial charge on any atom is 0.263 e. The predicted octanol–water partition coefficient (Wildman–Crippen LogP) is 6.17. The van der Waals surface area contributed by atoms with Crippen molar-refractivity contribution in [3.63, 3.8) is 0 Å². The number of ether oxygens (including phenoxy) is 1. The number of rotatable bonds is 8. The minimum Gasteiger partial charge on any atom is -0.478 e. The molecule has 0 saturated heterocycles. The molecule has 3 nitrogen and oxygen atoms in total. The Kier molecular flexibility index (Phi) is 7.34. The van der Waals surface area contributed by atoms with Crippen molar-refractivity contribution in [3.8, 4) is 5.75 Å². The van der Waals surface area contributed by atoms with E-state index in [-0.39, 0.29) is 23.7 Å². The van der Waals surface area contributed by atoms with Gasteiger partial charge in [-0.25, -0.2) is 4.39 Å². The van der Waals surface area contributed by atoms with Gasteiger partial charge in [-0.05, 0) is 74.7 Å². The summed E-state index contributed by atoms with van der Waals surface area (Å²) in [4.78, 5) is 13.1. The first kappa shape index (κ1) is 22.8. The summed E-state index contributed by atoms with van der Waals surface area (Å²) in [6, 6.07) is 23.3. The molecule has 0 saturated carbocycles. The topological polar surface area (TPSA) is 38.3 Å². The third kappa shape index (κ3) is 6.31. The Bertz CT molecular complexity index is 988. The summed E-state index contributed by atoms with van der Waals surface area (Å²) in [6.45, 7) is 5.46. The van der Waals surface area contributed by atoms with Crippen molar-refractivity contribution in [1.82, 2.24) is 5.32 Å². The molecule has 1 N–H and O–H groups in total. The molecule has 0 heterocycles. The van der Waals surface area contributed by atoms with E-state index in [1.165, 1.54) is 12.1 Å². The second kappa shape index (κ2) is 9.97. The van der Waals surface area contributed by atoms with Crippen molar-refractivity contribution >= 4 is 17.5 Å². The Hall–Kier alpha value is -2.85. The second-order valence-corrected chi connectivity index (χ2v) is 8.61. The molecule has 31 heavy (non-hydrogen) atoms. The second-order valence-electron chi connectivity index (χ2n) is 8.18. The normalized spacial score (nSPS) is 13.3. The van der Waals surface area contributed by atoms with Crippen LogP contribution in [-0.4, -0.2) is 17.6 Å². The van der Waals surface area contributed by atoms with Crippen LogP contribution in [0.1, 0.15) is 37.8 Å². The smallest absolute Gasteiger partial charge is 0.263 e. The lowest BCUT2D eigenvalue weighted by Gasteiger charge is -2.31. The number of amides is 1. The highest BCUT2D eigenvalue weighted by atomic mass is 35.5. The summed E-state index contributed by atoms with van der Waals surface area (Å²) in [6.07, 6.45) is 0.671. The first-order valence-corrected chi connectivity index (χ1v) is 10.7. The van der Waals surface area contributed by atoms with Gasteiger partial charge < -0.3 is 10.1 Å². The number of halogens is 2. The van der Waals surface area contributed by atoms with E-state index in [0.29, 0.717) is 17.2 Å². The Balaban J connectivity index is 1.75. The highest BCUT2D eigenvalue weighted by Crippen LogP contribution is 2.26. The molecule has 2 atom stereocenters. The lowest BCUT2D eigenvalue weighted by molar-refractivity contribution is -0.135. The molecule has 0 aromatic heterocycles. The van der Waals surface area contributed by atoms with Gasteiger partial charge in [-0.3, -0.25) is 4.79 Å². The zero-order valence-corrected chi connectivity index (χ0v) is 18.7. The summed E-state index contributed by atoms with van der Waals surface area (Å²) in [5, 5.41) is 3.72. The molecule has 0 aliphatic carbocycles. The van der Waals surface area contributed by atoms with Gasteiger partial charge in [-0.15, -0.1) is 0 Å². The number of benzene rings is 3. The summed E-state index contributed by atoms with van der Waals surface area (Å²) in [7, 11) is 0. The van der Waals surface area contributed by atoms with E-state index in [9.17, 15) is 9.18 Å². The van der Waals surface area contributed by atoms with Crippen molar-refractivity contribution in [3.05, 3.63) is 101 Å². The minimum atomic E-state index is -1.07. The van der Waals surface area contributed by atoms with E-state index in [0.717, 1.165) is 11.1 Å². The lowest BCUT2D eigenvalue weighted by Crippen LogP contribution is -2.51. The average molecular weight is 440 g/mol. The van der Waals surface area contributed by atoms with Crippen LogP contribution in [0.3, 0.4) is 0 Å². The van der Waals surface area contributed by atoms with Gasteiger partial charge in [0.05, 0.1) is 0 Å². The molecular formula is C26H27ClFNO2. The van der Waals surface area contributed by atoms with Crippen molar-refractivity contribution in [2.75, 3.05) is 0 Å². The van der Waals surface area contributed by atoms with Crippen molar-refractivity contribution in [1.29, 1.82) is 0 Å². The average Bonchev–Trinajstić information content (AvgIpc) is 2.75. The summed E-state index contributed by atoms with van der Waals surface area (Å²) < 4.78 is 19.3. The van der Waals surface area contributed by atoms with Gasteiger partial charge in [0.1, 0.15) is 11.6 Å². The van der Waals surface area contributed by atoms with Crippen LogP contribution in [0.5, 0.6) is 5.75 Å². The molecule has 0 aliphatic heterocycles. The Morgan fingerprint density at radius 2 is 1.61 bits per heavy atom. The number of hydrogen-bond donors (Lipinski definition) is 1. The van der Waals surface area contributed by atoms with E-state index in [4.69, 9.17) is 16.3 Å². The Morgan fingerprint density at radius 3 is 2.23 bits per heavy atom. The molecule has 0 fully saturated rings. The van der Waals surface area contributed by atoms with Gasteiger partial charge in [-0.2, -0.15) is 0 Å². The summed E-state index contributed by atoms with van der Waals surface area (Å²) in [5.74, 6) is 0.113. The van der Waals surface area contributed by atoms with Gasteiger partial charge in [0.2, 0.25) is 0 Å². The molecule has 3 rings (SSSR count). The third-order valence-electron chi connectivity index (χ3n) is 5.29. The highest BCUT2D eigenvalue weighted by molar-refractivity contribution is 6.30. The van der Waals surface area contributed by atoms with Crippen molar-refractivity contribution in [2.45, 2.75) is 44.8 Å². The monoisotopic (exact) mass is 439 g/mol. The maximum absolute atomic E-state index is 13.3. The Morgan fingerprint density at radius 1 is 1.00 bits per heavy atom. The number of carbonyl (C=O) groups excluding carboxylic acids is 1. The largest absolute Gasteiger partial charge is 0.478 e. The molecule has 0 bridgehead atoms. The maximum atomic E-state index is 13.3. The van der Waals surface area contributed by atoms with Crippen LogP contribution in [0, 0.1) is 5.82 Å². The number of carbonyl (C=O) groups is 1. The van der Waals surface area contributed by atoms with E-state index in [2.05, 4.69) is 5.32 Å². The molecular weight excluding hydrogens is 413 g/mol. The fourth-order valence-electron chi connectivity index (χ4n) is 3.48.